The zero-order valence-corrected chi connectivity index (χ0v) is 66.2. The number of likely N-dealkylation sites (N-methyl/N-ethyl adjacent to an activating group) is 6. The zero-order valence-electron chi connectivity index (χ0n) is 66.2. The predicted molar refractivity (Wildman–Crippen MR) is 392 cm³/mol. The highest BCUT2D eigenvalue weighted by Crippen LogP contribution is 2.27. The van der Waals surface area contributed by atoms with Gasteiger partial charge in [0.25, 0.3) is 0 Å². The van der Waals surface area contributed by atoms with Gasteiger partial charge in [0.15, 0.2) is 0 Å². The standard InChI is InChI=1S/C75H126N12O16/c1-26-28-33-48(13)63(103-52(17)88)62-68(93)78-54(27-2)70(95)82(19)55(36-32-37-81(18)75(100)102-42-53-34-30-29-31-35-53)65(90)80-60(49(14)41-101-25)67(92)79-59(46(9)10)73(98)83(20)56(38-43(3)4)66(91)76-50(15)64(89)77-51(16)69(94)84(21)57(39-44(5)6)71(96)85(22)58(40-45(7)8)72(97)86(23)61(47(11)12)74(99)87(62)24/h26,28-31,34-35,43-51,54-63H,27,32-33,36-42H2,1-25H3,(H,76,91)(H,77,89)(H,78,93)(H,79,92)(H,80,90)/b28-26+/t48-,49-,50+,51-,54+,55-,56+,57+,58+,59+,60+,61+,62+,63-/m1/s1. The molecule has 12 amide bonds. The van der Waals surface area contributed by atoms with Crippen LogP contribution in [0.2, 0.25) is 0 Å². The first-order valence-corrected chi connectivity index (χ1v) is 36.3. The Hall–Kier alpha value is -8.17. The molecule has 0 radical (unpaired) electrons. The number of esters is 1. The highest BCUT2D eigenvalue weighted by Gasteiger charge is 2.47. The van der Waals surface area contributed by atoms with E-state index in [1.54, 1.807) is 91.8 Å². The van der Waals surface area contributed by atoms with Crippen molar-refractivity contribution in [2.45, 2.75) is 242 Å². The fourth-order valence-electron chi connectivity index (χ4n) is 12.7. The Balaban J connectivity index is 3.18. The molecule has 1 heterocycles. The van der Waals surface area contributed by atoms with Gasteiger partial charge in [0.2, 0.25) is 65.0 Å². The minimum Gasteiger partial charge on any atom is -0.459 e. The van der Waals surface area contributed by atoms with Crippen molar-refractivity contribution in [1.82, 2.24) is 60.9 Å². The second kappa shape index (κ2) is 43.2. The van der Waals surface area contributed by atoms with Crippen LogP contribution >= 0.6 is 0 Å². The number of benzene rings is 1. The van der Waals surface area contributed by atoms with Gasteiger partial charge in [0, 0.05) is 75.8 Å². The zero-order chi connectivity index (χ0) is 78.8. The first-order valence-electron chi connectivity index (χ1n) is 36.3. The molecule has 5 N–H and O–H groups in total. The summed E-state index contributed by atoms with van der Waals surface area (Å²) in [6, 6.07) is -5.87. The van der Waals surface area contributed by atoms with Crippen LogP contribution in [0.3, 0.4) is 0 Å². The van der Waals surface area contributed by atoms with Gasteiger partial charge in [-0.25, -0.2) is 4.79 Å². The quantitative estimate of drug-likeness (QED) is 0.0698. The van der Waals surface area contributed by atoms with Crippen LogP contribution in [-0.2, 0) is 78.4 Å². The van der Waals surface area contributed by atoms with E-state index in [-0.39, 0.29) is 82.5 Å². The summed E-state index contributed by atoms with van der Waals surface area (Å²) < 4.78 is 17.1. The lowest BCUT2D eigenvalue weighted by molar-refractivity contribution is -0.164. The van der Waals surface area contributed by atoms with E-state index in [9.17, 15) is 28.8 Å². The number of hydrogen-bond acceptors (Lipinski definition) is 16. The fraction of sp³-hybridized carbons (Fsp3) is 0.720. The SMILES string of the molecule is C/C=C/C[C@@H](C)[C@@H](OC(C)=O)[C@H]1C(=O)N[C@@H](CC)C(=O)N(C)[C@H](CCCN(C)C(=O)OCc2ccccc2)C(=O)N[C@@H]([C@H](C)COC)C(=O)N[C@@H](C(C)C)C(=O)N(C)[C@@H](CC(C)C)C(=O)N[C@@H](C)C(=O)N[C@H](C)C(=O)N(C)[C@@H](CC(C)C)C(=O)N(C)[C@@H](CC(C)C)C(=O)N(C)[C@@H](C(C)C)C(=O)N1C. The average Bonchev–Trinajstić information content (AvgIpc) is 0.800. The Bertz CT molecular complexity index is 3040. The van der Waals surface area contributed by atoms with E-state index in [0.29, 0.717) is 0 Å². The molecule has 0 bridgehead atoms. The number of nitrogens with one attached hydrogen (secondary N) is 5. The molecule has 28 heteroatoms. The van der Waals surface area contributed by atoms with E-state index < -0.39 is 173 Å². The van der Waals surface area contributed by atoms with E-state index in [4.69, 9.17) is 14.2 Å². The number of hydrogen-bond donors (Lipinski definition) is 5. The van der Waals surface area contributed by atoms with Gasteiger partial charge in [-0.2, -0.15) is 0 Å². The number of allylic oxidation sites excluding steroid dienone is 2. The molecular formula is C75H126N12O16. The topological polar surface area (TPSA) is 332 Å². The molecule has 0 aromatic heterocycles. The lowest BCUT2D eigenvalue weighted by atomic mass is 9.91. The van der Waals surface area contributed by atoms with Crippen molar-refractivity contribution in [3.63, 3.8) is 0 Å². The Morgan fingerprint density at radius 2 is 1.03 bits per heavy atom. The number of carbonyl (C=O) groups is 13. The van der Waals surface area contributed by atoms with E-state index in [0.717, 1.165) is 22.3 Å². The molecule has 2 rings (SSSR count). The van der Waals surface area contributed by atoms with Crippen molar-refractivity contribution < 1.29 is 76.5 Å². The summed E-state index contributed by atoms with van der Waals surface area (Å²) in [7, 11) is 11.3. The Kier molecular flexibility index (Phi) is 38.1. The molecule has 0 unspecified atom stereocenters. The minimum absolute atomic E-state index is 0.0118. The van der Waals surface area contributed by atoms with Crippen molar-refractivity contribution in [2.75, 3.05) is 69.6 Å². The summed E-state index contributed by atoms with van der Waals surface area (Å²) in [6.45, 7) is 28.5. The van der Waals surface area contributed by atoms with Gasteiger partial charge < -0.3 is 75.1 Å². The number of methoxy groups -OCH3 is 1. The van der Waals surface area contributed by atoms with E-state index >= 15 is 33.6 Å². The van der Waals surface area contributed by atoms with Crippen LogP contribution in [0.5, 0.6) is 0 Å². The van der Waals surface area contributed by atoms with Crippen molar-refractivity contribution >= 4 is 77.0 Å². The summed E-state index contributed by atoms with van der Waals surface area (Å²) in [6.07, 6.45) is 1.89. The molecule has 0 saturated carbocycles. The average molecular weight is 1450 g/mol. The third-order valence-electron chi connectivity index (χ3n) is 18.9. The number of nitrogens with zero attached hydrogens (tertiary/aromatic N) is 7. The molecule has 1 saturated heterocycles. The van der Waals surface area contributed by atoms with E-state index in [1.165, 1.54) is 94.8 Å². The number of rotatable bonds is 23. The van der Waals surface area contributed by atoms with Gasteiger partial charge in [-0.1, -0.05) is 132 Å². The molecule has 1 aromatic rings. The van der Waals surface area contributed by atoms with Gasteiger partial charge in [-0.15, -0.1) is 0 Å². The number of carbonyl (C=O) groups excluding carboxylic acids is 13. The molecule has 28 nitrogen and oxygen atoms in total. The van der Waals surface area contributed by atoms with E-state index in [2.05, 4.69) is 26.6 Å². The molecule has 582 valence electrons. The van der Waals surface area contributed by atoms with Crippen LogP contribution in [0.25, 0.3) is 0 Å². The Labute approximate surface area is 612 Å². The molecule has 1 aliphatic rings. The largest absolute Gasteiger partial charge is 0.459 e. The highest BCUT2D eigenvalue weighted by molar-refractivity contribution is 6.00. The van der Waals surface area contributed by atoms with Crippen LogP contribution in [0.1, 0.15) is 168 Å². The Morgan fingerprint density at radius 3 is 1.53 bits per heavy atom. The van der Waals surface area contributed by atoms with E-state index in [1.807, 2.05) is 47.6 Å². The van der Waals surface area contributed by atoms with Crippen LogP contribution in [0, 0.1) is 41.4 Å². The molecule has 1 fully saturated rings. The summed E-state index contributed by atoms with van der Waals surface area (Å²) in [5, 5.41) is 13.9. The maximum atomic E-state index is 15.7. The number of ether oxygens (including phenoxy) is 3. The third kappa shape index (κ3) is 26.8. The lowest BCUT2D eigenvalue weighted by Gasteiger charge is -2.42. The maximum Gasteiger partial charge on any atom is 0.409 e. The normalized spacial score (nSPS) is 25.0. The molecule has 0 spiro atoms. The highest BCUT2D eigenvalue weighted by atomic mass is 16.6. The summed E-state index contributed by atoms with van der Waals surface area (Å²) in [5.74, 6) is -12.5. The Morgan fingerprint density at radius 1 is 0.544 bits per heavy atom. The van der Waals surface area contributed by atoms with Crippen LogP contribution in [0.4, 0.5) is 4.79 Å². The molecule has 0 aliphatic carbocycles. The van der Waals surface area contributed by atoms with Gasteiger partial charge >= 0.3 is 12.1 Å². The minimum atomic E-state index is -1.69. The third-order valence-corrected chi connectivity index (χ3v) is 18.9. The molecule has 1 aromatic carbocycles. The summed E-state index contributed by atoms with van der Waals surface area (Å²) in [5.41, 5.74) is 0.745. The summed E-state index contributed by atoms with van der Waals surface area (Å²) in [4.78, 5) is 201. The molecular weight excluding hydrogens is 1320 g/mol. The number of amides is 12. The monoisotopic (exact) mass is 1450 g/mol. The van der Waals surface area contributed by atoms with Crippen molar-refractivity contribution in [2.24, 2.45) is 41.4 Å². The lowest BCUT2D eigenvalue weighted by Crippen LogP contribution is -2.64. The molecule has 1 aliphatic heterocycles. The van der Waals surface area contributed by atoms with Crippen LogP contribution in [0.15, 0.2) is 42.5 Å². The van der Waals surface area contributed by atoms with Crippen molar-refractivity contribution in [1.29, 1.82) is 0 Å². The maximum absolute atomic E-state index is 15.7. The second-order valence-corrected chi connectivity index (χ2v) is 29.8. The van der Waals surface area contributed by atoms with Gasteiger partial charge in [-0.3, -0.25) is 57.5 Å². The van der Waals surface area contributed by atoms with Crippen LogP contribution < -0.4 is 26.6 Å². The molecule has 103 heavy (non-hydrogen) atoms. The predicted octanol–water partition coefficient (Wildman–Crippen LogP) is 5.15. The first kappa shape index (κ1) is 90.9. The van der Waals surface area contributed by atoms with Gasteiger partial charge in [0.05, 0.1) is 6.61 Å². The summed E-state index contributed by atoms with van der Waals surface area (Å²) >= 11 is 0. The van der Waals surface area contributed by atoms with Gasteiger partial charge in [-0.05, 0) is 107 Å². The van der Waals surface area contributed by atoms with Crippen LogP contribution in [-0.4, -0.2) is 254 Å². The first-order chi connectivity index (χ1) is 48.0. The van der Waals surface area contributed by atoms with Gasteiger partial charge in [0.1, 0.15) is 79.2 Å². The van der Waals surface area contributed by atoms with Crippen molar-refractivity contribution in [3.05, 3.63) is 48.0 Å². The second-order valence-electron chi connectivity index (χ2n) is 29.8. The van der Waals surface area contributed by atoms with Crippen molar-refractivity contribution in [3.8, 4) is 0 Å². The smallest absolute Gasteiger partial charge is 0.409 e. The fourth-order valence-corrected chi connectivity index (χ4v) is 12.7. The molecule has 14 atom stereocenters.